The number of nitrogens with one attached hydrogen (secondary N) is 1. The number of halogens is 2. The molecular formula is C28H26Cl2N4O2. The second-order valence-electron chi connectivity index (χ2n) is 8.73. The Hall–Kier alpha value is -3.32. The molecular weight excluding hydrogens is 495 g/mol. The summed E-state index contributed by atoms with van der Waals surface area (Å²) >= 11 is 12.3. The Kier molecular flexibility index (Phi) is 7.28. The molecule has 6 nitrogen and oxygen atoms in total. The lowest BCUT2D eigenvalue weighted by atomic mass is 10.0. The molecule has 8 heteroatoms. The highest BCUT2D eigenvalue weighted by Gasteiger charge is 2.26. The second-order valence-corrected chi connectivity index (χ2v) is 9.55. The van der Waals surface area contributed by atoms with Crippen molar-refractivity contribution in [3.63, 3.8) is 0 Å². The van der Waals surface area contributed by atoms with E-state index in [0.717, 1.165) is 59.5 Å². The largest absolute Gasteiger partial charge is 0.497 e. The number of rotatable bonds is 6. The molecule has 0 saturated carbocycles. The summed E-state index contributed by atoms with van der Waals surface area (Å²) in [4.78, 5) is 19.7. The van der Waals surface area contributed by atoms with Crippen molar-refractivity contribution < 1.29 is 9.53 Å². The molecule has 0 aliphatic carbocycles. The molecule has 1 aliphatic rings. The van der Waals surface area contributed by atoms with E-state index in [2.05, 4.69) is 27.4 Å². The molecule has 1 aliphatic heterocycles. The molecule has 0 bridgehead atoms. The minimum atomic E-state index is -0.177. The van der Waals surface area contributed by atoms with Gasteiger partial charge in [-0.15, -0.1) is 0 Å². The van der Waals surface area contributed by atoms with Crippen LogP contribution in [-0.2, 0) is 19.5 Å². The number of hydrogen-bond donors (Lipinski definition) is 1. The van der Waals surface area contributed by atoms with E-state index in [1.54, 1.807) is 23.9 Å². The van der Waals surface area contributed by atoms with Crippen molar-refractivity contribution in [3.05, 3.63) is 99.4 Å². The second kappa shape index (κ2) is 10.7. The van der Waals surface area contributed by atoms with Crippen molar-refractivity contribution in [2.45, 2.75) is 19.5 Å². The van der Waals surface area contributed by atoms with Crippen LogP contribution in [0.4, 0.5) is 4.79 Å². The Morgan fingerprint density at radius 3 is 2.75 bits per heavy atom. The smallest absolute Gasteiger partial charge is 0.326 e. The Bertz CT molecular complexity index is 1430. The fraction of sp³-hybridized carbons (Fsp3) is 0.214. The topological polar surface area (TPSA) is 59.4 Å². The molecule has 2 aromatic carbocycles. The highest BCUT2D eigenvalue weighted by Crippen LogP contribution is 2.32. The maximum Gasteiger partial charge on any atom is 0.326 e. The lowest BCUT2D eigenvalue weighted by Crippen LogP contribution is -2.34. The summed E-state index contributed by atoms with van der Waals surface area (Å²) in [6.45, 7) is 2.80. The van der Waals surface area contributed by atoms with Gasteiger partial charge in [0, 0.05) is 54.9 Å². The zero-order valence-corrected chi connectivity index (χ0v) is 21.4. The monoisotopic (exact) mass is 520 g/mol. The van der Waals surface area contributed by atoms with E-state index >= 15 is 0 Å². The lowest BCUT2D eigenvalue weighted by molar-refractivity contribution is 0.240. The zero-order valence-electron chi connectivity index (χ0n) is 19.9. The van der Waals surface area contributed by atoms with Gasteiger partial charge in [0.2, 0.25) is 0 Å². The molecule has 0 radical (unpaired) electrons. The number of fused-ring (bicyclic) bond motifs is 3. The Labute approximate surface area is 220 Å². The van der Waals surface area contributed by atoms with Gasteiger partial charge in [0.05, 0.1) is 12.6 Å². The van der Waals surface area contributed by atoms with E-state index in [9.17, 15) is 4.79 Å². The molecule has 0 spiro atoms. The Morgan fingerprint density at radius 1 is 1.14 bits per heavy atom. The maximum atomic E-state index is 13.3. The summed E-state index contributed by atoms with van der Waals surface area (Å²) in [6.07, 6.45) is 6.70. The molecule has 0 saturated heterocycles. The average Bonchev–Trinajstić information content (AvgIpc) is 3.20. The fourth-order valence-electron chi connectivity index (χ4n) is 4.64. The summed E-state index contributed by atoms with van der Waals surface area (Å²) < 4.78 is 7.01. The predicted octanol–water partition coefficient (Wildman–Crippen LogP) is 6.18. The van der Waals surface area contributed by atoms with Crippen LogP contribution in [-0.4, -0.2) is 40.7 Å². The number of nitrogens with zero attached hydrogens (tertiary/aromatic N) is 3. The molecule has 5 rings (SSSR count). The van der Waals surface area contributed by atoms with Crippen LogP contribution in [0.2, 0.25) is 10.2 Å². The van der Waals surface area contributed by atoms with Crippen molar-refractivity contribution in [2.75, 3.05) is 20.2 Å². The first-order valence-electron chi connectivity index (χ1n) is 11.7. The highest BCUT2D eigenvalue weighted by molar-refractivity contribution is 6.31. The standard InChI is InChI=1S/C28H26Cl2N4O2/c1-36-22-7-4-19(5-8-22)3-2-13-33-14-11-25-24(18-33)23-9-6-21(29)16-26(23)34(25)28(35)32-17-20-10-12-31-27(30)15-20/h2-10,12,15-16H,11,13-14,17-18H2,1H3,(H,32,35)/b3-2+. The predicted molar refractivity (Wildman–Crippen MR) is 145 cm³/mol. The molecule has 0 fully saturated rings. The van der Waals surface area contributed by atoms with Crippen molar-refractivity contribution in [2.24, 2.45) is 0 Å². The molecule has 3 heterocycles. The van der Waals surface area contributed by atoms with Crippen molar-refractivity contribution in [1.29, 1.82) is 0 Å². The van der Waals surface area contributed by atoms with Gasteiger partial charge in [-0.1, -0.05) is 53.6 Å². The number of ether oxygens (including phenoxy) is 1. The molecule has 1 N–H and O–H groups in total. The van der Waals surface area contributed by atoms with Gasteiger partial charge in [0.1, 0.15) is 10.9 Å². The third-order valence-electron chi connectivity index (χ3n) is 6.42. The molecule has 36 heavy (non-hydrogen) atoms. The number of hydrogen-bond acceptors (Lipinski definition) is 4. The summed E-state index contributed by atoms with van der Waals surface area (Å²) in [7, 11) is 1.67. The van der Waals surface area contributed by atoms with Crippen LogP contribution in [0.1, 0.15) is 22.4 Å². The van der Waals surface area contributed by atoms with Crippen LogP contribution < -0.4 is 10.1 Å². The minimum absolute atomic E-state index is 0.177. The highest BCUT2D eigenvalue weighted by atomic mass is 35.5. The van der Waals surface area contributed by atoms with Crippen LogP contribution in [0.15, 0.2) is 66.9 Å². The number of carbonyl (C=O) groups is 1. The van der Waals surface area contributed by atoms with Gasteiger partial charge in [0.15, 0.2) is 0 Å². The van der Waals surface area contributed by atoms with Crippen molar-refractivity contribution in [3.8, 4) is 5.75 Å². The number of aromatic nitrogens is 2. The lowest BCUT2D eigenvalue weighted by Gasteiger charge is -2.27. The quantitative estimate of drug-likeness (QED) is 0.308. The molecule has 184 valence electrons. The van der Waals surface area contributed by atoms with E-state index in [1.807, 2.05) is 48.5 Å². The molecule has 2 aromatic heterocycles. The van der Waals surface area contributed by atoms with Gasteiger partial charge in [-0.05, 0) is 53.1 Å². The zero-order chi connectivity index (χ0) is 25.1. The van der Waals surface area contributed by atoms with Crippen LogP contribution in [0.5, 0.6) is 5.75 Å². The maximum absolute atomic E-state index is 13.3. The number of methoxy groups -OCH3 is 1. The van der Waals surface area contributed by atoms with E-state index in [4.69, 9.17) is 27.9 Å². The number of pyridine rings is 1. The van der Waals surface area contributed by atoms with E-state index in [0.29, 0.717) is 16.7 Å². The van der Waals surface area contributed by atoms with Crippen LogP contribution >= 0.6 is 23.2 Å². The van der Waals surface area contributed by atoms with Crippen molar-refractivity contribution >= 4 is 46.2 Å². The fourth-order valence-corrected chi connectivity index (χ4v) is 5.00. The Balaban J connectivity index is 1.35. The summed E-state index contributed by atoms with van der Waals surface area (Å²) in [5.41, 5.74) is 5.06. The van der Waals surface area contributed by atoms with E-state index in [1.165, 1.54) is 5.56 Å². The van der Waals surface area contributed by atoms with Gasteiger partial charge >= 0.3 is 6.03 Å². The summed E-state index contributed by atoms with van der Waals surface area (Å²) in [6, 6.07) is 17.2. The minimum Gasteiger partial charge on any atom is -0.497 e. The SMILES string of the molecule is COc1ccc(/C=C/CN2CCc3c(c4ccc(Cl)cc4n3C(=O)NCc3ccnc(Cl)c3)C2)cc1. The molecule has 0 atom stereocenters. The molecule has 1 amide bonds. The van der Waals surface area contributed by atoms with E-state index in [-0.39, 0.29) is 6.03 Å². The number of benzene rings is 2. The first kappa shape index (κ1) is 24.4. The third kappa shape index (κ3) is 5.26. The normalized spacial score (nSPS) is 13.8. The van der Waals surface area contributed by atoms with Gasteiger partial charge in [-0.2, -0.15) is 0 Å². The van der Waals surface area contributed by atoms with Gasteiger partial charge in [-0.25, -0.2) is 9.78 Å². The van der Waals surface area contributed by atoms with Crippen LogP contribution in [0.3, 0.4) is 0 Å². The number of amides is 1. The molecule has 4 aromatic rings. The van der Waals surface area contributed by atoms with Gasteiger partial charge in [0.25, 0.3) is 0 Å². The summed E-state index contributed by atoms with van der Waals surface area (Å²) in [5.74, 6) is 0.848. The third-order valence-corrected chi connectivity index (χ3v) is 6.86. The van der Waals surface area contributed by atoms with Crippen LogP contribution in [0.25, 0.3) is 17.0 Å². The molecule has 0 unspecified atom stereocenters. The average molecular weight is 521 g/mol. The number of carbonyl (C=O) groups excluding carboxylic acids is 1. The Morgan fingerprint density at radius 2 is 1.97 bits per heavy atom. The van der Waals surface area contributed by atoms with E-state index < -0.39 is 0 Å². The van der Waals surface area contributed by atoms with Gasteiger partial charge < -0.3 is 10.1 Å². The van der Waals surface area contributed by atoms with Gasteiger partial charge in [-0.3, -0.25) is 9.47 Å². The van der Waals surface area contributed by atoms with Crippen LogP contribution in [0, 0.1) is 0 Å². The first-order chi connectivity index (χ1) is 17.5. The van der Waals surface area contributed by atoms with Crippen molar-refractivity contribution in [1.82, 2.24) is 19.8 Å². The summed E-state index contributed by atoms with van der Waals surface area (Å²) in [5, 5.41) is 5.08. The first-order valence-corrected chi connectivity index (χ1v) is 12.5.